The third-order valence-electron chi connectivity index (χ3n) is 4.86. The summed E-state index contributed by atoms with van der Waals surface area (Å²) in [6, 6.07) is 10.6. The van der Waals surface area contributed by atoms with Crippen molar-refractivity contribution < 1.29 is 14.7 Å². The van der Waals surface area contributed by atoms with Gasteiger partial charge in [-0.05, 0) is 36.1 Å². The van der Waals surface area contributed by atoms with Gasteiger partial charge in [0.1, 0.15) is 11.4 Å². The molecule has 0 radical (unpaired) electrons. The van der Waals surface area contributed by atoms with E-state index in [1.54, 1.807) is 6.20 Å². The lowest BCUT2D eigenvalue weighted by molar-refractivity contribution is 0.0695. The van der Waals surface area contributed by atoms with Gasteiger partial charge in [0, 0.05) is 12.1 Å². The highest BCUT2D eigenvalue weighted by molar-refractivity contribution is 5.94. The molecule has 0 aliphatic heterocycles. The molecular formula is C19H17N5O3. The molecule has 0 fully saturated rings. The highest BCUT2D eigenvalue weighted by atomic mass is 16.4. The number of carboxylic acid groups (broad SMARTS) is 1. The Morgan fingerprint density at radius 2 is 2.04 bits per heavy atom. The fourth-order valence-electron chi connectivity index (χ4n) is 3.55. The maximum atomic E-state index is 12.7. The van der Waals surface area contributed by atoms with E-state index < -0.39 is 5.97 Å². The Hall–Kier alpha value is -3.55. The number of hydrogen-bond acceptors (Lipinski definition) is 5. The molecule has 2 aromatic heterocycles. The molecule has 0 spiro atoms. The fourth-order valence-corrected chi connectivity index (χ4v) is 3.55. The highest BCUT2D eigenvalue weighted by Gasteiger charge is 2.33. The van der Waals surface area contributed by atoms with Gasteiger partial charge < -0.3 is 10.4 Å². The quantitative estimate of drug-likeness (QED) is 0.638. The number of carbonyl (C=O) groups is 2. The van der Waals surface area contributed by atoms with Gasteiger partial charge in [-0.15, -0.1) is 0 Å². The van der Waals surface area contributed by atoms with E-state index in [0.29, 0.717) is 5.69 Å². The zero-order valence-corrected chi connectivity index (χ0v) is 14.3. The lowest BCUT2D eigenvalue weighted by Gasteiger charge is -2.23. The molecule has 2 heterocycles. The Morgan fingerprint density at radius 3 is 2.74 bits per heavy atom. The van der Waals surface area contributed by atoms with Gasteiger partial charge in [-0.25, -0.2) is 4.79 Å². The summed E-state index contributed by atoms with van der Waals surface area (Å²) in [7, 11) is 0. The number of rotatable bonds is 5. The molecule has 3 aromatic rings. The molecule has 4 rings (SSSR count). The minimum absolute atomic E-state index is 0.0318. The van der Waals surface area contributed by atoms with Crippen molar-refractivity contribution in [3.8, 4) is 0 Å². The molecule has 8 nitrogen and oxygen atoms in total. The van der Waals surface area contributed by atoms with E-state index in [-0.39, 0.29) is 29.1 Å². The average molecular weight is 363 g/mol. The third kappa shape index (κ3) is 3.29. The van der Waals surface area contributed by atoms with Crippen molar-refractivity contribution in [2.45, 2.75) is 24.8 Å². The van der Waals surface area contributed by atoms with E-state index in [4.69, 9.17) is 5.11 Å². The lowest BCUT2D eigenvalue weighted by Crippen LogP contribution is -2.33. The van der Waals surface area contributed by atoms with Crippen LogP contribution in [0.25, 0.3) is 0 Å². The average Bonchev–Trinajstić information content (AvgIpc) is 3.36. The number of aromatic carboxylic acids is 1. The van der Waals surface area contributed by atoms with Gasteiger partial charge in [0.15, 0.2) is 0 Å². The second-order valence-electron chi connectivity index (χ2n) is 6.43. The summed E-state index contributed by atoms with van der Waals surface area (Å²) >= 11 is 0. The van der Waals surface area contributed by atoms with Crippen LogP contribution in [0.1, 0.15) is 56.0 Å². The molecule has 0 saturated heterocycles. The predicted molar refractivity (Wildman–Crippen MR) is 95.3 cm³/mol. The number of aryl methyl sites for hydroxylation is 1. The number of hydrogen-bond donors (Lipinski definition) is 3. The summed E-state index contributed by atoms with van der Waals surface area (Å²) in [6.07, 6.45) is 4.61. The molecule has 1 aliphatic carbocycles. The molecule has 1 aromatic carbocycles. The number of H-pyrrole nitrogens is 1. The van der Waals surface area contributed by atoms with Crippen LogP contribution in [0.3, 0.4) is 0 Å². The number of aromatic nitrogens is 4. The largest absolute Gasteiger partial charge is 0.478 e. The normalized spacial score (nSPS) is 16.5. The van der Waals surface area contributed by atoms with Crippen LogP contribution in [0.5, 0.6) is 0 Å². The number of amides is 1. The van der Waals surface area contributed by atoms with Crippen molar-refractivity contribution >= 4 is 11.9 Å². The van der Waals surface area contributed by atoms with Crippen LogP contribution in [0, 0.1) is 0 Å². The zero-order chi connectivity index (χ0) is 18.8. The minimum Gasteiger partial charge on any atom is -0.478 e. The van der Waals surface area contributed by atoms with Gasteiger partial charge in [0.25, 0.3) is 5.91 Å². The van der Waals surface area contributed by atoms with Crippen LogP contribution in [0.2, 0.25) is 0 Å². The van der Waals surface area contributed by atoms with Crippen molar-refractivity contribution in [3.63, 3.8) is 0 Å². The standard InChI is InChI=1S/C19H17N5O3/c25-18(15-8-6-12(9-20-15)19(26)27)22-17(16-10-21-24-23-16)14-7-5-11-3-1-2-4-13(11)14/h1-4,6,8-10,14,17H,5,7H2,(H,22,25)(H,26,27)(H,21,23,24). The smallest absolute Gasteiger partial charge is 0.337 e. The summed E-state index contributed by atoms with van der Waals surface area (Å²) in [5, 5.41) is 22.6. The Balaban J connectivity index is 1.61. The molecule has 3 N–H and O–H groups in total. The van der Waals surface area contributed by atoms with E-state index in [9.17, 15) is 9.59 Å². The van der Waals surface area contributed by atoms with Crippen LogP contribution < -0.4 is 5.32 Å². The lowest BCUT2D eigenvalue weighted by atomic mass is 9.91. The predicted octanol–water partition coefficient (Wildman–Crippen LogP) is 2.10. The highest BCUT2D eigenvalue weighted by Crippen LogP contribution is 2.41. The number of carbonyl (C=O) groups excluding carboxylic acids is 1. The van der Waals surface area contributed by atoms with Crippen molar-refractivity contribution in [3.05, 3.63) is 76.9 Å². The number of carboxylic acids is 1. The topological polar surface area (TPSA) is 121 Å². The van der Waals surface area contributed by atoms with Crippen LogP contribution in [-0.4, -0.2) is 37.4 Å². The number of fused-ring (bicyclic) bond motifs is 1. The Kier molecular flexibility index (Phi) is 4.37. The van der Waals surface area contributed by atoms with E-state index in [1.165, 1.54) is 29.5 Å². The number of benzene rings is 1. The first-order chi connectivity index (χ1) is 13.1. The van der Waals surface area contributed by atoms with Crippen molar-refractivity contribution in [1.29, 1.82) is 0 Å². The molecule has 2 unspecified atom stereocenters. The first-order valence-corrected chi connectivity index (χ1v) is 8.57. The van der Waals surface area contributed by atoms with Gasteiger partial charge in [0.05, 0.1) is 17.8 Å². The molecule has 1 aliphatic rings. The first-order valence-electron chi connectivity index (χ1n) is 8.57. The summed E-state index contributed by atoms with van der Waals surface area (Å²) in [5.74, 6) is -1.39. The molecule has 8 heteroatoms. The van der Waals surface area contributed by atoms with Crippen molar-refractivity contribution in [2.75, 3.05) is 0 Å². The number of nitrogens with one attached hydrogen (secondary N) is 2. The Bertz CT molecular complexity index is 969. The monoisotopic (exact) mass is 363 g/mol. The minimum atomic E-state index is -1.09. The van der Waals surface area contributed by atoms with Gasteiger partial charge in [0.2, 0.25) is 0 Å². The maximum Gasteiger partial charge on any atom is 0.337 e. The van der Waals surface area contributed by atoms with Crippen molar-refractivity contribution in [2.24, 2.45) is 0 Å². The van der Waals surface area contributed by atoms with Crippen LogP contribution in [0.4, 0.5) is 0 Å². The first kappa shape index (κ1) is 16.9. The third-order valence-corrected chi connectivity index (χ3v) is 4.86. The molecule has 2 atom stereocenters. The molecule has 0 bridgehead atoms. The summed E-state index contributed by atoms with van der Waals surface area (Å²) < 4.78 is 0. The number of aromatic amines is 1. The maximum absolute atomic E-state index is 12.7. The molecule has 1 amide bonds. The van der Waals surface area contributed by atoms with Crippen LogP contribution in [0.15, 0.2) is 48.8 Å². The second-order valence-corrected chi connectivity index (χ2v) is 6.43. The Labute approximate surface area is 154 Å². The summed E-state index contributed by atoms with van der Waals surface area (Å²) in [4.78, 5) is 27.6. The van der Waals surface area contributed by atoms with Gasteiger partial charge >= 0.3 is 5.97 Å². The van der Waals surface area contributed by atoms with E-state index in [1.807, 2.05) is 12.1 Å². The SMILES string of the molecule is O=C(O)c1ccc(C(=O)NC(c2cn[nH]n2)C2CCc3ccccc32)nc1. The summed E-state index contributed by atoms with van der Waals surface area (Å²) in [5.41, 5.74) is 3.30. The Morgan fingerprint density at radius 1 is 1.19 bits per heavy atom. The number of pyridine rings is 1. The van der Waals surface area contributed by atoms with Gasteiger partial charge in [-0.1, -0.05) is 24.3 Å². The summed E-state index contributed by atoms with van der Waals surface area (Å²) in [6.45, 7) is 0. The van der Waals surface area contributed by atoms with E-state index in [2.05, 4.69) is 37.8 Å². The van der Waals surface area contributed by atoms with Crippen LogP contribution in [-0.2, 0) is 6.42 Å². The van der Waals surface area contributed by atoms with Gasteiger partial charge in [-0.3, -0.25) is 9.78 Å². The fraction of sp³-hybridized carbons (Fsp3) is 0.211. The molecule has 136 valence electrons. The number of nitrogens with zero attached hydrogens (tertiary/aromatic N) is 3. The van der Waals surface area contributed by atoms with E-state index >= 15 is 0 Å². The zero-order valence-electron chi connectivity index (χ0n) is 14.3. The molecular weight excluding hydrogens is 346 g/mol. The van der Waals surface area contributed by atoms with Crippen molar-refractivity contribution in [1.82, 2.24) is 25.7 Å². The second kappa shape index (κ2) is 6.99. The molecule has 0 saturated carbocycles. The van der Waals surface area contributed by atoms with E-state index in [0.717, 1.165) is 12.8 Å². The van der Waals surface area contributed by atoms with Crippen LogP contribution >= 0.6 is 0 Å². The van der Waals surface area contributed by atoms with Gasteiger partial charge in [-0.2, -0.15) is 15.4 Å². The molecule has 27 heavy (non-hydrogen) atoms.